The van der Waals surface area contributed by atoms with Crippen LogP contribution in [0, 0.1) is 0 Å². The van der Waals surface area contributed by atoms with E-state index in [0.29, 0.717) is 18.5 Å². The number of anilines is 1. The van der Waals surface area contributed by atoms with Gasteiger partial charge in [-0.3, -0.25) is 25.2 Å². The van der Waals surface area contributed by atoms with Crippen molar-refractivity contribution in [3.63, 3.8) is 0 Å². The molecule has 0 bridgehead atoms. The molecule has 7 heteroatoms. The van der Waals surface area contributed by atoms with Crippen LogP contribution < -0.4 is 15.8 Å². The largest absolute Gasteiger partial charge is 0.508 e. The molecule has 0 atom stereocenters. The van der Waals surface area contributed by atoms with Crippen LogP contribution in [0.25, 0.3) is 0 Å². The maximum absolute atomic E-state index is 12.1. The number of nitrogens with zero attached hydrogens (tertiary/aromatic N) is 1. The number of nitrogens with one attached hydrogen (secondary N) is 2. The maximum atomic E-state index is 12.1. The summed E-state index contributed by atoms with van der Waals surface area (Å²) < 4.78 is 0. The minimum Gasteiger partial charge on any atom is -0.508 e. The summed E-state index contributed by atoms with van der Waals surface area (Å²) in [5.41, 5.74) is 5.93. The third-order valence-corrected chi connectivity index (χ3v) is 3.91. The maximum Gasteiger partial charge on any atom is 0.269 e. The molecule has 3 rings (SSSR count). The summed E-state index contributed by atoms with van der Waals surface area (Å²) in [7, 11) is 0. The summed E-state index contributed by atoms with van der Waals surface area (Å²) in [6.45, 7) is 0.685. The molecule has 7 nitrogen and oxygen atoms in total. The van der Waals surface area contributed by atoms with Crippen LogP contribution in [0.1, 0.15) is 33.6 Å². The van der Waals surface area contributed by atoms with Gasteiger partial charge in [-0.05, 0) is 48.9 Å². The lowest BCUT2D eigenvalue weighted by Gasteiger charge is -2.15. The van der Waals surface area contributed by atoms with Gasteiger partial charge in [-0.15, -0.1) is 0 Å². The third-order valence-electron chi connectivity index (χ3n) is 3.91. The number of rotatable bonds is 3. The van der Waals surface area contributed by atoms with E-state index in [0.717, 1.165) is 12.1 Å². The van der Waals surface area contributed by atoms with Crippen LogP contribution in [-0.4, -0.2) is 29.4 Å². The fourth-order valence-corrected chi connectivity index (χ4v) is 2.62. The Kier molecular flexibility index (Phi) is 4.65. The van der Waals surface area contributed by atoms with Gasteiger partial charge in [0, 0.05) is 29.8 Å². The molecule has 0 aliphatic carbocycles. The number of carbonyl (C=O) groups is 3. The first-order valence-corrected chi connectivity index (χ1v) is 7.85. The van der Waals surface area contributed by atoms with Gasteiger partial charge >= 0.3 is 0 Å². The van der Waals surface area contributed by atoms with E-state index in [1.54, 1.807) is 29.2 Å². The molecule has 1 fully saturated rings. The van der Waals surface area contributed by atoms with E-state index in [1.165, 1.54) is 24.3 Å². The number of phenolic OH excluding ortho intramolecular Hbond substituents is 1. The van der Waals surface area contributed by atoms with E-state index in [-0.39, 0.29) is 17.2 Å². The van der Waals surface area contributed by atoms with Crippen molar-refractivity contribution in [3.05, 3.63) is 59.7 Å². The Morgan fingerprint density at radius 2 is 1.64 bits per heavy atom. The second-order valence-corrected chi connectivity index (χ2v) is 5.65. The number of carbonyl (C=O) groups excluding carboxylic acids is 3. The summed E-state index contributed by atoms with van der Waals surface area (Å²) >= 11 is 0. The number of hydrazine groups is 1. The van der Waals surface area contributed by atoms with Crippen LogP contribution in [0.5, 0.6) is 5.75 Å². The lowest BCUT2D eigenvalue weighted by molar-refractivity contribution is -0.117. The van der Waals surface area contributed by atoms with Crippen molar-refractivity contribution in [3.8, 4) is 5.75 Å². The van der Waals surface area contributed by atoms with Crippen molar-refractivity contribution in [2.45, 2.75) is 12.8 Å². The molecule has 128 valence electrons. The predicted octanol–water partition coefficient (Wildman–Crippen LogP) is 1.59. The second-order valence-electron chi connectivity index (χ2n) is 5.65. The molecule has 1 saturated heterocycles. The van der Waals surface area contributed by atoms with E-state index in [1.807, 2.05) is 0 Å². The average molecular weight is 339 g/mol. The van der Waals surface area contributed by atoms with E-state index >= 15 is 0 Å². The number of amides is 3. The molecular weight excluding hydrogens is 322 g/mol. The first kappa shape index (κ1) is 16.5. The highest BCUT2D eigenvalue weighted by atomic mass is 16.3. The second kappa shape index (κ2) is 7.04. The highest BCUT2D eigenvalue weighted by Crippen LogP contribution is 2.21. The molecule has 3 N–H and O–H groups in total. The third kappa shape index (κ3) is 3.77. The zero-order valence-electron chi connectivity index (χ0n) is 13.4. The Morgan fingerprint density at radius 1 is 0.960 bits per heavy atom. The summed E-state index contributed by atoms with van der Waals surface area (Å²) in [6, 6.07) is 12.4. The van der Waals surface area contributed by atoms with Crippen LogP contribution in [0.3, 0.4) is 0 Å². The summed E-state index contributed by atoms with van der Waals surface area (Å²) in [5, 5.41) is 9.36. The van der Waals surface area contributed by atoms with Crippen molar-refractivity contribution in [1.29, 1.82) is 0 Å². The quantitative estimate of drug-likeness (QED) is 0.740. The van der Waals surface area contributed by atoms with Crippen molar-refractivity contribution in [2.24, 2.45) is 0 Å². The van der Waals surface area contributed by atoms with Gasteiger partial charge in [0.05, 0.1) is 0 Å². The average Bonchev–Trinajstić information content (AvgIpc) is 3.05. The molecule has 1 heterocycles. The van der Waals surface area contributed by atoms with Crippen LogP contribution in [0.15, 0.2) is 48.5 Å². The monoisotopic (exact) mass is 339 g/mol. The molecule has 1 aliphatic heterocycles. The summed E-state index contributed by atoms with van der Waals surface area (Å²) in [5.74, 6) is -0.974. The molecular formula is C18H17N3O4. The Labute approximate surface area is 144 Å². The first-order valence-electron chi connectivity index (χ1n) is 7.85. The Bertz CT molecular complexity index is 817. The lowest BCUT2D eigenvalue weighted by Crippen LogP contribution is -2.41. The highest BCUT2D eigenvalue weighted by molar-refractivity contribution is 6.00. The van der Waals surface area contributed by atoms with Crippen LogP contribution >= 0.6 is 0 Å². The molecule has 0 spiro atoms. The standard InChI is InChI=1S/C18H17N3O4/c22-15-4-1-3-13(11-15)18(25)20-19-17(24)12-6-8-14(9-7-12)21-10-2-5-16(21)23/h1,3-4,6-9,11,22H,2,5,10H2,(H,19,24)(H,20,25). The molecule has 25 heavy (non-hydrogen) atoms. The number of benzene rings is 2. The predicted molar refractivity (Wildman–Crippen MR) is 91.1 cm³/mol. The summed E-state index contributed by atoms with van der Waals surface area (Å²) in [6.07, 6.45) is 1.38. The van der Waals surface area contributed by atoms with Crippen LogP contribution in [-0.2, 0) is 4.79 Å². The Morgan fingerprint density at radius 3 is 2.24 bits per heavy atom. The van der Waals surface area contributed by atoms with Gasteiger partial charge in [0.25, 0.3) is 11.8 Å². The van der Waals surface area contributed by atoms with Gasteiger partial charge in [0.2, 0.25) is 5.91 Å². The minimum atomic E-state index is -0.538. The molecule has 2 aromatic carbocycles. The zero-order valence-corrected chi connectivity index (χ0v) is 13.4. The smallest absolute Gasteiger partial charge is 0.269 e. The van der Waals surface area contributed by atoms with E-state index in [4.69, 9.17) is 0 Å². The van der Waals surface area contributed by atoms with Crippen molar-refractivity contribution in [2.75, 3.05) is 11.4 Å². The van der Waals surface area contributed by atoms with E-state index < -0.39 is 11.8 Å². The number of aromatic hydroxyl groups is 1. The van der Waals surface area contributed by atoms with Crippen LogP contribution in [0.4, 0.5) is 5.69 Å². The fraction of sp³-hybridized carbons (Fsp3) is 0.167. The number of hydrogen-bond donors (Lipinski definition) is 3. The molecule has 0 saturated carbocycles. The highest BCUT2D eigenvalue weighted by Gasteiger charge is 2.21. The fourth-order valence-electron chi connectivity index (χ4n) is 2.62. The molecule has 2 aromatic rings. The minimum absolute atomic E-state index is 0.0361. The lowest BCUT2D eigenvalue weighted by atomic mass is 10.2. The van der Waals surface area contributed by atoms with Gasteiger partial charge < -0.3 is 10.0 Å². The Hall–Kier alpha value is -3.35. The number of phenols is 1. The normalized spacial score (nSPS) is 13.6. The van der Waals surface area contributed by atoms with Gasteiger partial charge in [-0.2, -0.15) is 0 Å². The zero-order chi connectivity index (χ0) is 17.8. The Balaban J connectivity index is 1.59. The first-order chi connectivity index (χ1) is 12.0. The van der Waals surface area contributed by atoms with Gasteiger partial charge in [0.1, 0.15) is 5.75 Å². The van der Waals surface area contributed by atoms with Gasteiger partial charge in [-0.1, -0.05) is 6.07 Å². The van der Waals surface area contributed by atoms with Crippen LogP contribution in [0.2, 0.25) is 0 Å². The van der Waals surface area contributed by atoms with Crippen molar-refractivity contribution in [1.82, 2.24) is 10.9 Å². The van der Waals surface area contributed by atoms with E-state index in [9.17, 15) is 19.5 Å². The van der Waals surface area contributed by atoms with Crippen molar-refractivity contribution >= 4 is 23.4 Å². The van der Waals surface area contributed by atoms with Crippen molar-refractivity contribution < 1.29 is 19.5 Å². The SMILES string of the molecule is O=C(NNC(=O)c1cccc(O)c1)c1ccc(N2CCCC2=O)cc1. The number of hydrogen-bond acceptors (Lipinski definition) is 4. The molecule has 0 unspecified atom stereocenters. The van der Waals surface area contributed by atoms with E-state index in [2.05, 4.69) is 10.9 Å². The molecule has 0 radical (unpaired) electrons. The summed E-state index contributed by atoms with van der Waals surface area (Å²) in [4.78, 5) is 37.4. The topological polar surface area (TPSA) is 98.7 Å². The molecule has 1 aliphatic rings. The van der Waals surface area contributed by atoms with Gasteiger partial charge in [-0.25, -0.2) is 0 Å². The molecule has 3 amide bonds. The molecule has 0 aromatic heterocycles. The van der Waals surface area contributed by atoms with Gasteiger partial charge in [0.15, 0.2) is 0 Å².